The second-order valence-electron chi connectivity index (χ2n) is 8.99. The molecule has 0 N–H and O–H groups in total. The largest absolute Gasteiger partial charge is 1.00 e. The summed E-state index contributed by atoms with van der Waals surface area (Å²) >= 11 is 0. The Kier molecular flexibility index (Phi) is 16.4. The Balaban J connectivity index is 0.00000450. The molecule has 0 aliphatic heterocycles. The lowest BCUT2D eigenvalue weighted by atomic mass is 10.0. The van der Waals surface area contributed by atoms with E-state index in [-0.39, 0.29) is 24.0 Å². The van der Waals surface area contributed by atoms with Crippen LogP contribution in [0.15, 0.2) is 36.4 Å². The first-order valence-corrected chi connectivity index (χ1v) is 12.7. The molecule has 1 heterocycles. The molecule has 0 unspecified atom stereocenters. The third kappa shape index (κ3) is 11.1. The molecule has 170 valence electrons. The van der Waals surface area contributed by atoms with E-state index in [4.69, 9.17) is 0 Å². The van der Waals surface area contributed by atoms with Gasteiger partial charge in [-0.1, -0.05) is 109 Å². The SMILES string of the molecule is CCCCCCCCCCCCCCCCCC[n+]1c(C)ccc2ccccc21.[I-]. The number of aryl methyl sites for hydroxylation is 2. The third-order valence-corrected chi connectivity index (χ3v) is 6.39. The zero-order valence-electron chi connectivity index (χ0n) is 19.8. The number of para-hydroxylation sites is 1. The fraction of sp³-hybridized carbons (Fsp3) is 0.679. The van der Waals surface area contributed by atoms with Crippen molar-refractivity contribution in [3.05, 3.63) is 42.1 Å². The lowest BCUT2D eigenvalue weighted by molar-refractivity contribution is -0.677. The van der Waals surface area contributed by atoms with Gasteiger partial charge in [-0.3, -0.25) is 0 Å². The minimum Gasteiger partial charge on any atom is -1.00 e. The lowest BCUT2D eigenvalue weighted by Crippen LogP contribution is -3.00. The predicted molar refractivity (Wildman–Crippen MR) is 128 cm³/mol. The second-order valence-corrected chi connectivity index (χ2v) is 8.99. The van der Waals surface area contributed by atoms with Gasteiger partial charge in [-0.15, -0.1) is 0 Å². The topological polar surface area (TPSA) is 3.88 Å². The number of hydrogen-bond donors (Lipinski definition) is 0. The van der Waals surface area contributed by atoms with Gasteiger partial charge in [0.25, 0.3) is 0 Å². The minimum atomic E-state index is 0. The minimum absolute atomic E-state index is 0. The van der Waals surface area contributed by atoms with Gasteiger partial charge in [-0.2, -0.15) is 4.57 Å². The van der Waals surface area contributed by atoms with Crippen LogP contribution < -0.4 is 28.5 Å². The fourth-order valence-corrected chi connectivity index (χ4v) is 4.48. The van der Waals surface area contributed by atoms with E-state index in [0.717, 1.165) is 6.54 Å². The zero-order valence-corrected chi connectivity index (χ0v) is 22.0. The number of hydrogen-bond acceptors (Lipinski definition) is 0. The van der Waals surface area contributed by atoms with Crippen molar-refractivity contribution in [2.24, 2.45) is 0 Å². The van der Waals surface area contributed by atoms with Gasteiger partial charge in [-0.05, 0) is 18.6 Å². The van der Waals surface area contributed by atoms with Gasteiger partial charge >= 0.3 is 0 Å². The van der Waals surface area contributed by atoms with Gasteiger partial charge in [0.15, 0.2) is 5.69 Å². The normalized spacial score (nSPS) is 11.0. The summed E-state index contributed by atoms with van der Waals surface area (Å²) in [6.45, 7) is 5.69. The predicted octanol–water partition coefficient (Wildman–Crippen LogP) is 5.70. The Morgan fingerprint density at radius 1 is 0.567 bits per heavy atom. The summed E-state index contributed by atoms with van der Waals surface area (Å²) in [6.07, 6.45) is 22.9. The molecule has 0 saturated carbocycles. The van der Waals surface area contributed by atoms with Crippen LogP contribution in [-0.2, 0) is 6.54 Å². The molecule has 0 aliphatic rings. The molecule has 0 amide bonds. The molecule has 30 heavy (non-hydrogen) atoms. The van der Waals surface area contributed by atoms with E-state index >= 15 is 0 Å². The number of rotatable bonds is 17. The van der Waals surface area contributed by atoms with E-state index in [0.29, 0.717) is 0 Å². The standard InChI is InChI=1S/C28H46N.HI/c1-3-4-5-6-7-8-9-10-11-12-13-14-15-16-17-20-25-29-26(2)23-24-27-21-18-19-22-28(27)29;/h18-19,21-24H,3-17,20,25H2,1-2H3;1H/q+1;/p-1. The summed E-state index contributed by atoms with van der Waals surface area (Å²) < 4.78 is 2.50. The molecule has 0 saturated heterocycles. The number of pyridine rings is 1. The summed E-state index contributed by atoms with van der Waals surface area (Å²) in [5.41, 5.74) is 2.76. The zero-order chi connectivity index (χ0) is 20.6. The van der Waals surface area contributed by atoms with Crippen molar-refractivity contribution in [3.8, 4) is 0 Å². The molecule has 2 rings (SSSR count). The van der Waals surface area contributed by atoms with Crippen molar-refractivity contribution < 1.29 is 28.5 Å². The number of fused-ring (bicyclic) bond motifs is 1. The molecule has 0 aliphatic carbocycles. The molecule has 0 bridgehead atoms. The second kappa shape index (κ2) is 18.0. The van der Waals surface area contributed by atoms with E-state index in [1.165, 1.54) is 119 Å². The molecular weight excluding hydrogens is 477 g/mol. The molecule has 1 aromatic heterocycles. The summed E-state index contributed by atoms with van der Waals surface area (Å²) in [4.78, 5) is 0. The first kappa shape index (κ1) is 27.4. The quantitative estimate of drug-likeness (QED) is 0.142. The average molecular weight is 524 g/mol. The van der Waals surface area contributed by atoms with Crippen molar-refractivity contribution >= 4 is 10.9 Å². The number of aromatic nitrogens is 1. The van der Waals surface area contributed by atoms with E-state index < -0.39 is 0 Å². The summed E-state index contributed by atoms with van der Waals surface area (Å²) in [7, 11) is 0. The van der Waals surface area contributed by atoms with Gasteiger partial charge in [-0.25, -0.2) is 0 Å². The van der Waals surface area contributed by atoms with Crippen LogP contribution in [0.3, 0.4) is 0 Å². The highest BCUT2D eigenvalue weighted by Gasteiger charge is 2.11. The van der Waals surface area contributed by atoms with Gasteiger partial charge in [0.2, 0.25) is 5.52 Å². The first-order chi connectivity index (χ1) is 14.3. The van der Waals surface area contributed by atoms with E-state index in [2.05, 4.69) is 54.8 Å². The maximum atomic E-state index is 2.50. The van der Waals surface area contributed by atoms with Gasteiger partial charge in [0.1, 0.15) is 6.54 Å². The highest BCUT2D eigenvalue weighted by Crippen LogP contribution is 2.14. The number of halogens is 1. The van der Waals surface area contributed by atoms with Crippen molar-refractivity contribution in [2.75, 3.05) is 0 Å². The van der Waals surface area contributed by atoms with Crippen LogP contribution in [-0.4, -0.2) is 0 Å². The van der Waals surface area contributed by atoms with Crippen molar-refractivity contribution in [3.63, 3.8) is 0 Å². The Morgan fingerprint density at radius 2 is 1.03 bits per heavy atom. The molecule has 0 spiro atoms. The number of nitrogens with zero attached hydrogens (tertiary/aromatic N) is 1. The molecule has 2 aromatic rings. The monoisotopic (exact) mass is 523 g/mol. The van der Waals surface area contributed by atoms with Gasteiger partial charge in [0, 0.05) is 30.9 Å². The van der Waals surface area contributed by atoms with E-state index in [1.807, 2.05) is 0 Å². The molecule has 0 radical (unpaired) electrons. The Bertz CT molecular complexity index is 667. The number of unbranched alkanes of at least 4 members (excludes halogenated alkanes) is 15. The highest BCUT2D eigenvalue weighted by molar-refractivity contribution is 5.75. The van der Waals surface area contributed by atoms with Crippen LogP contribution in [0.2, 0.25) is 0 Å². The molecule has 2 heteroatoms. The maximum absolute atomic E-state index is 2.50. The smallest absolute Gasteiger partial charge is 0.212 e. The lowest BCUT2D eigenvalue weighted by Gasteiger charge is -2.05. The van der Waals surface area contributed by atoms with Crippen LogP contribution in [0.1, 0.15) is 115 Å². The number of benzene rings is 1. The molecule has 1 aromatic carbocycles. The van der Waals surface area contributed by atoms with Crippen LogP contribution >= 0.6 is 0 Å². The van der Waals surface area contributed by atoms with Crippen molar-refractivity contribution in [2.45, 2.75) is 123 Å². The highest BCUT2D eigenvalue weighted by atomic mass is 127. The first-order valence-electron chi connectivity index (χ1n) is 12.7. The van der Waals surface area contributed by atoms with Crippen LogP contribution in [0.5, 0.6) is 0 Å². The van der Waals surface area contributed by atoms with E-state index in [1.54, 1.807) is 0 Å². The molecule has 0 fully saturated rings. The summed E-state index contributed by atoms with van der Waals surface area (Å²) in [5.74, 6) is 0. The fourth-order valence-electron chi connectivity index (χ4n) is 4.48. The van der Waals surface area contributed by atoms with Gasteiger partial charge < -0.3 is 24.0 Å². The Hall–Kier alpha value is -0.640. The maximum Gasteiger partial charge on any atom is 0.212 e. The average Bonchev–Trinajstić information content (AvgIpc) is 2.74. The Labute approximate surface area is 204 Å². The van der Waals surface area contributed by atoms with Crippen molar-refractivity contribution in [1.29, 1.82) is 0 Å². The van der Waals surface area contributed by atoms with Gasteiger partial charge in [0.05, 0.1) is 0 Å². The van der Waals surface area contributed by atoms with Crippen molar-refractivity contribution in [1.82, 2.24) is 0 Å². The van der Waals surface area contributed by atoms with Crippen LogP contribution in [0, 0.1) is 6.92 Å². The summed E-state index contributed by atoms with van der Waals surface area (Å²) in [6, 6.07) is 13.3. The molecule has 1 nitrogen and oxygen atoms in total. The molecular formula is C28H46IN. The Morgan fingerprint density at radius 3 is 1.57 bits per heavy atom. The van der Waals surface area contributed by atoms with Crippen LogP contribution in [0.25, 0.3) is 10.9 Å². The van der Waals surface area contributed by atoms with Crippen LogP contribution in [0.4, 0.5) is 0 Å². The third-order valence-electron chi connectivity index (χ3n) is 6.39. The van der Waals surface area contributed by atoms with E-state index in [9.17, 15) is 0 Å². The summed E-state index contributed by atoms with van der Waals surface area (Å²) in [5, 5.41) is 1.36. The molecule has 0 atom stereocenters.